The van der Waals surface area contributed by atoms with E-state index in [1.165, 1.54) is 24.1 Å². The van der Waals surface area contributed by atoms with Crippen LogP contribution in [0.15, 0.2) is 24.3 Å². The van der Waals surface area contributed by atoms with Gasteiger partial charge in [0.25, 0.3) is 0 Å². The average Bonchev–Trinajstić information content (AvgIpc) is 2.97. The standard InChI is InChI=1S/C16H25N3O/c1-18(2)16(20)9-10-17-13-14-7-3-4-8-15(14)19-11-5-6-12-19/h3-4,7-8,17H,5-6,9-13H2,1-2H3. The molecule has 1 aromatic carbocycles. The second-order valence-corrected chi connectivity index (χ2v) is 5.54. The third-order valence-electron chi connectivity index (χ3n) is 3.77. The Hall–Kier alpha value is -1.55. The van der Waals surface area contributed by atoms with Gasteiger partial charge in [0.15, 0.2) is 0 Å². The number of para-hydroxylation sites is 1. The molecule has 0 atom stereocenters. The molecule has 0 radical (unpaired) electrons. The molecule has 1 amide bonds. The van der Waals surface area contributed by atoms with Gasteiger partial charge in [-0.05, 0) is 24.5 Å². The molecule has 0 aromatic heterocycles. The number of hydrogen-bond acceptors (Lipinski definition) is 3. The summed E-state index contributed by atoms with van der Waals surface area (Å²) in [4.78, 5) is 15.6. The number of anilines is 1. The highest BCUT2D eigenvalue weighted by molar-refractivity contribution is 5.75. The Morgan fingerprint density at radius 1 is 1.25 bits per heavy atom. The summed E-state index contributed by atoms with van der Waals surface area (Å²) in [7, 11) is 3.59. The molecule has 0 bridgehead atoms. The van der Waals surface area contributed by atoms with Gasteiger partial charge < -0.3 is 15.1 Å². The zero-order valence-electron chi connectivity index (χ0n) is 12.6. The quantitative estimate of drug-likeness (QED) is 0.805. The van der Waals surface area contributed by atoms with Gasteiger partial charge in [-0.25, -0.2) is 0 Å². The number of hydrogen-bond donors (Lipinski definition) is 1. The van der Waals surface area contributed by atoms with Crippen molar-refractivity contribution in [1.82, 2.24) is 10.2 Å². The van der Waals surface area contributed by atoms with Crippen LogP contribution >= 0.6 is 0 Å². The molecule has 0 spiro atoms. The Kier molecular flexibility index (Phi) is 5.41. The first-order chi connectivity index (χ1) is 9.68. The molecule has 20 heavy (non-hydrogen) atoms. The predicted octanol–water partition coefficient (Wildman–Crippen LogP) is 1.85. The minimum Gasteiger partial charge on any atom is -0.371 e. The van der Waals surface area contributed by atoms with Crippen molar-refractivity contribution in [2.75, 3.05) is 38.6 Å². The van der Waals surface area contributed by atoms with E-state index in [2.05, 4.69) is 34.5 Å². The summed E-state index contributed by atoms with van der Waals surface area (Å²) < 4.78 is 0. The van der Waals surface area contributed by atoms with E-state index < -0.39 is 0 Å². The molecule has 0 aliphatic carbocycles. The lowest BCUT2D eigenvalue weighted by atomic mass is 10.1. The van der Waals surface area contributed by atoms with Crippen LogP contribution in [-0.2, 0) is 11.3 Å². The first-order valence-corrected chi connectivity index (χ1v) is 7.42. The van der Waals surface area contributed by atoms with E-state index in [1.807, 2.05) is 0 Å². The van der Waals surface area contributed by atoms with E-state index in [9.17, 15) is 4.79 Å². The van der Waals surface area contributed by atoms with Gasteiger partial charge in [0.2, 0.25) is 5.91 Å². The van der Waals surface area contributed by atoms with Gasteiger partial charge in [-0.15, -0.1) is 0 Å². The molecule has 1 aliphatic rings. The van der Waals surface area contributed by atoms with Crippen LogP contribution in [0, 0.1) is 0 Å². The second kappa shape index (κ2) is 7.29. The van der Waals surface area contributed by atoms with E-state index in [4.69, 9.17) is 0 Å². The van der Waals surface area contributed by atoms with E-state index in [1.54, 1.807) is 19.0 Å². The molecule has 0 saturated carbocycles. The summed E-state index contributed by atoms with van der Waals surface area (Å²) in [5, 5.41) is 3.38. The van der Waals surface area contributed by atoms with Crippen molar-refractivity contribution in [2.24, 2.45) is 0 Å². The lowest BCUT2D eigenvalue weighted by Gasteiger charge is -2.21. The van der Waals surface area contributed by atoms with Gasteiger partial charge in [-0.3, -0.25) is 4.79 Å². The molecule has 4 heteroatoms. The molecular weight excluding hydrogens is 250 g/mol. The number of nitrogens with zero attached hydrogens (tertiary/aromatic N) is 2. The third kappa shape index (κ3) is 3.97. The number of rotatable bonds is 6. The van der Waals surface area contributed by atoms with Crippen molar-refractivity contribution in [2.45, 2.75) is 25.8 Å². The summed E-state index contributed by atoms with van der Waals surface area (Å²) in [6.45, 7) is 3.88. The van der Waals surface area contributed by atoms with Crippen molar-refractivity contribution in [3.8, 4) is 0 Å². The molecule has 1 saturated heterocycles. The maximum Gasteiger partial charge on any atom is 0.223 e. The van der Waals surface area contributed by atoms with E-state index in [0.717, 1.165) is 26.2 Å². The summed E-state index contributed by atoms with van der Waals surface area (Å²) in [6.07, 6.45) is 3.14. The molecule has 110 valence electrons. The van der Waals surface area contributed by atoms with Gasteiger partial charge in [-0.2, -0.15) is 0 Å². The molecule has 4 nitrogen and oxygen atoms in total. The van der Waals surface area contributed by atoms with Crippen molar-refractivity contribution in [3.63, 3.8) is 0 Å². The summed E-state index contributed by atoms with van der Waals surface area (Å²) in [5.74, 6) is 0.172. The van der Waals surface area contributed by atoms with Crippen LogP contribution in [0.2, 0.25) is 0 Å². The maximum absolute atomic E-state index is 11.5. The van der Waals surface area contributed by atoms with Crippen LogP contribution in [0.1, 0.15) is 24.8 Å². The van der Waals surface area contributed by atoms with Crippen LogP contribution in [0.25, 0.3) is 0 Å². The van der Waals surface area contributed by atoms with Gasteiger partial charge in [0.1, 0.15) is 0 Å². The zero-order valence-corrected chi connectivity index (χ0v) is 12.6. The van der Waals surface area contributed by atoms with Crippen LogP contribution in [0.4, 0.5) is 5.69 Å². The Morgan fingerprint density at radius 3 is 2.65 bits per heavy atom. The fourth-order valence-electron chi connectivity index (χ4n) is 2.57. The predicted molar refractivity (Wildman–Crippen MR) is 82.9 cm³/mol. The lowest BCUT2D eigenvalue weighted by molar-refractivity contribution is -0.128. The molecule has 1 aromatic rings. The van der Waals surface area contributed by atoms with Gasteiger partial charge in [0.05, 0.1) is 0 Å². The number of nitrogens with one attached hydrogen (secondary N) is 1. The molecule has 2 rings (SSSR count). The monoisotopic (exact) mass is 275 g/mol. The van der Waals surface area contributed by atoms with E-state index in [0.29, 0.717) is 6.42 Å². The average molecular weight is 275 g/mol. The molecule has 1 aliphatic heterocycles. The van der Waals surface area contributed by atoms with E-state index >= 15 is 0 Å². The first kappa shape index (κ1) is 14.9. The number of carbonyl (C=O) groups excluding carboxylic acids is 1. The molecule has 1 heterocycles. The van der Waals surface area contributed by atoms with Gasteiger partial charge in [0, 0.05) is 52.4 Å². The van der Waals surface area contributed by atoms with Crippen molar-refractivity contribution in [3.05, 3.63) is 29.8 Å². The van der Waals surface area contributed by atoms with Crippen molar-refractivity contribution in [1.29, 1.82) is 0 Å². The highest BCUT2D eigenvalue weighted by atomic mass is 16.2. The Labute approximate surface area is 121 Å². The summed E-state index contributed by atoms with van der Waals surface area (Å²) in [5.41, 5.74) is 2.67. The lowest BCUT2D eigenvalue weighted by Crippen LogP contribution is -2.27. The Balaban J connectivity index is 1.85. The summed E-state index contributed by atoms with van der Waals surface area (Å²) in [6, 6.07) is 8.57. The smallest absolute Gasteiger partial charge is 0.223 e. The molecular formula is C16H25N3O. The number of amides is 1. The Morgan fingerprint density at radius 2 is 1.95 bits per heavy atom. The Bertz CT molecular complexity index is 439. The molecule has 0 unspecified atom stereocenters. The number of carbonyl (C=O) groups is 1. The molecule has 1 fully saturated rings. The van der Waals surface area contributed by atoms with Gasteiger partial charge >= 0.3 is 0 Å². The second-order valence-electron chi connectivity index (χ2n) is 5.54. The topological polar surface area (TPSA) is 35.6 Å². The normalized spacial score (nSPS) is 14.6. The molecule has 1 N–H and O–H groups in total. The van der Waals surface area contributed by atoms with Crippen LogP contribution in [0.5, 0.6) is 0 Å². The minimum atomic E-state index is 0.172. The van der Waals surface area contributed by atoms with Crippen molar-refractivity contribution < 1.29 is 4.79 Å². The highest BCUT2D eigenvalue weighted by Gasteiger charge is 2.14. The van der Waals surface area contributed by atoms with Crippen LogP contribution < -0.4 is 10.2 Å². The highest BCUT2D eigenvalue weighted by Crippen LogP contribution is 2.24. The SMILES string of the molecule is CN(C)C(=O)CCNCc1ccccc1N1CCCC1. The van der Waals surface area contributed by atoms with Gasteiger partial charge in [-0.1, -0.05) is 18.2 Å². The van der Waals surface area contributed by atoms with E-state index in [-0.39, 0.29) is 5.91 Å². The zero-order chi connectivity index (χ0) is 14.4. The minimum absolute atomic E-state index is 0.172. The van der Waals surface area contributed by atoms with Crippen LogP contribution in [-0.4, -0.2) is 44.5 Å². The third-order valence-corrected chi connectivity index (χ3v) is 3.77. The number of benzene rings is 1. The fraction of sp³-hybridized carbons (Fsp3) is 0.562. The maximum atomic E-state index is 11.5. The van der Waals surface area contributed by atoms with Crippen LogP contribution in [0.3, 0.4) is 0 Å². The fourth-order valence-corrected chi connectivity index (χ4v) is 2.57. The summed E-state index contributed by atoms with van der Waals surface area (Å²) >= 11 is 0. The largest absolute Gasteiger partial charge is 0.371 e. The van der Waals surface area contributed by atoms with Crippen molar-refractivity contribution >= 4 is 11.6 Å². The first-order valence-electron chi connectivity index (χ1n) is 7.42.